The minimum absolute atomic E-state index is 0.0162. The predicted molar refractivity (Wildman–Crippen MR) is 142 cm³/mol. The highest BCUT2D eigenvalue weighted by atomic mass is 35.5. The molecule has 0 radical (unpaired) electrons. The van der Waals surface area contributed by atoms with Gasteiger partial charge in [0.25, 0.3) is 5.91 Å². The lowest BCUT2D eigenvalue weighted by atomic mass is 9.80. The van der Waals surface area contributed by atoms with Gasteiger partial charge in [-0.1, -0.05) is 55.8 Å². The Morgan fingerprint density at radius 2 is 1.80 bits per heavy atom. The monoisotopic (exact) mass is 507 g/mol. The molecule has 35 heavy (non-hydrogen) atoms. The van der Waals surface area contributed by atoms with E-state index in [4.69, 9.17) is 11.6 Å². The summed E-state index contributed by atoms with van der Waals surface area (Å²) >= 11 is 7.81. The third-order valence-electron chi connectivity index (χ3n) is 6.87. The van der Waals surface area contributed by atoms with Crippen LogP contribution >= 0.6 is 22.9 Å². The molecule has 1 fully saturated rings. The molecule has 5 rings (SSSR count). The maximum Gasteiger partial charge on any atom is 0.254 e. The van der Waals surface area contributed by atoms with Gasteiger partial charge in [0.05, 0.1) is 12.0 Å². The number of anilines is 1. The first-order valence-corrected chi connectivity index (χ1v) is 13.4. The molecule has 2 atom stereocenters. The fraction of sp³-hybridized carbons (Fsp3) is 0.357. The molecule has 0 N–H and O–H groups in total. The number of amides is 2. The second kappa shape index (κ2) is 10.0. The highest BCUT2D eigenvalue weighted by Gasteiger charge is 2.46. The van der Waals surface area contributed by atoms with Gasteiger partial charge in [0, 0.05) is 53.9 Å². The lowest BCUT2D eigenvalue weighted by molar-refractivity contribution is -0.135. The van der Waals surface area contributed by atoms with E-state index in [0.717, 1.165) is 29.2 Å². The van der Waals surface area contributed by atoms with Crippen LogP contribution < -0.4 is 4.90 Å². The van der Waals surface area contributed by atoms with Crippen molar-refractivity contribution in [2.24, 2.45) is 5.92 Å². The van der Waals surface area contributed by atoms with Crippen molar-refractivity contribution in [1.82, 2.24) is 9.80 Å². The number of thiophene rings is 1. The zero-order valence-electron chi connectivity index (χ0n) is 20.1. The van der Waals surface area contributed by atoms with E-state index < -0.39 is 5.92 Å². The standard InChI is InChI=1S/C28H30ClN3O2S/c1-19(2)18-32-26(24-11-6-16-35-24)25(22-9-3-4-10-23(22)27(32)33)28(34)31-14-12-30(13-15-31)21-8-5-7-20(29)17-21/h3-11,16-17,19,25-26H,12-15,18H2,1-2H3/t25-,26-/m1/s1. The van der Waals surface area contributed by atoms with Crippen LogP contribution in [0.1, 0.15) is 46.6 Å². The number of hydrogen-bond acceptors (Lipinski definition) is 4. The van der Waals surface area contributed by atoms with Crippen molar-refractivity contribution in [1.29, 1.82) is 0 Å². The van der Waals surface area contributed by atoms with Crippen LogP contribution in [0.4, 0.5) is 5.69 Å². The number of carbonyl (C=O) groups excluding carboxylic acids is 2. The number of nitrogens with zero attached hydrogens (tertiary/aromatic N) is 3. The molecule has 2 aliphatic rings. The minimum Gasteiger partial charge on any atom is -0.368 e. The zero-order chi connectivity index (χ0) is 24.5. The number of benzene rings is 2. The van der Waals surface area contributed by atoms with Crippen LogP contribution in [0, 0.1) is 5.92 Å². The van der Waals surface area contributed by atoms with Crippen LogP contribution in [-0.2, 0) is 4.79 Å². The molecular weight excluding hydrogens is 478 g/mol. The summed E-state index contributed by atoms with van der Waals surface area (Å²) in [5, 5.41) is 2.74. The molecule has 2 aliphatic heterocycles. The Bertz CT molecular complexity index is 1200. The van der Waals surface area contributed by atoms with Gasteiger partial charge in [-0.15, -0.1) is 11.3 Å². The Balaban J connectivity index is 1.47. The summed E-state index contributed by atoms with van der Waals surface area (Å²) in [7, 11) is 0. The van der Waals surface area contributed by atoms with Gasteiger partial charge in [0.15, 0.2) is 0 Å². The molecule has 0 unspecified atom stereocenters. The van der Waals surface area contributed by atoms with Crippen molar-refractivity contribution in [3.63, 3.8) is 0 Å². The van der Waals surface area contributed by atoms with Crippen LogP contribution in [0.25, 0.3) is 0 Å². The van der Waals surface area contributed by atoms with E-state index in [1.807, 2.05) is 63.7 Å². The number of hydrogen-bond donors (Lipinski definition) is 0. The molecule has 182 valence electrons. The second-order valence-corrected chi connectivity index (χ2v) is 11.1. The fourth-order valence-electron chi connectivity index (χ4n) is 5.28. The lowest BCUT2D eigenvalue weighted by Gasteiger charge is -2.44. The van der Waals surface area contributed by atoms with Crippen LogP contribution in [0.2, 0.25) is 5.02 Å². The van der Waals surface area contributed by atoms with E-state index >= 15 is 0 Å². The van der Waals surface area contributed by atoms with Crippen LogP contribution in [0.15, 0.2) is 66.0 Å². The van der Waals surface area contributed by atoms with Gasteiger partial charge in [0.1, 0.15) is 0 Å². The van der Waals surface area contributed by atoms with Crippen molar-refractivity contribution in [2.75, 3.05) is 37.6 Å². The second-order valence-electron chi connectivity index (χ2n) is 9.67. The predicted octanol–water partition coefficient (Wildman–Crippen LogP) is 5.69. The first-order chi connectivity index (χ1) is 16.9. The summed E-state index contributed by atoms with van der Waals surface area (Å²) in [6.07, 6.45) is 0. The maximum atomic E-state index is 14.2. The molecule has 2 amide bonds. The third kappa shape index (κ3) is 4.69. The molecule has 2 aromatic carbocycles. The maximum absolute atomic E-state index is 14.2. The Labute approximate surface area is 215 Å². The molecule has 0 bridgehead atoms. The third-order valence-corrected chi connectivity index (χ3v) is 8.04. The number of rotatable bonds is 5. The normalized spacial score (nSPS) is 20.3. The Morgan fingerprint density at radius 3 is 2.49 bits per heavy atom. The molecule has 5 nitrogen and oxygen atoms in total. The van der Waals surface area contributed by atoms with E-state index in [-0.39, 0.29) is 17.9 Å². The minimum atomic E-state index is -0.418. The molecule has 7 heteroatoms. The smallest absolute Gasteiger partial charge is 0.254 e. The van der Waals surface area contributed by atoms with Crippen molar-refractivity contribution >= 4 is 40.4 Å². The van der Waals surface area contributed by atoms with Gasteiger partial charge in [-0.05, 0) is 47.2 Å². The molecule has 3 aromatic rings. The molecule has 1 aromatic heterocycles. The molecule has 0 spiro atoms. The largest absolute Gasteiger partial charge is 0.368 e. The zero-order valence-corrected chi connectivity index (χ0v) is 21.6. The van der Waals surface area contributed by atoms with Crippen LogP contribution in [0.3, 0.4) is 0 Å². The summed E-state index contributed by atoms with van der Waals surface area (Å²) in [6, 6.07) is 19.3. The van der Waals surface area contributed by atoms with E-state index in [9.17, 15) is 9.59 Å². The summed E-state index contributed by atoms with van der Waals surface area (Å²) in [5.41, 5.74) is 2.58. The summed E-state index contributed by atoms with van der Waals surface area (Å²) in [4.78, 5) is 35.1. The Kier molecular flexibility index (Phi) is 6.85. The molecule has 1 saturated heterocycles. The molecule has 0 aliphatic carbocycles. The number of halogens is 1. The number of carbonyl (C=O) groups is 2. The summed E-state index contributed by atoms with van der Waals surface area (Å²) in [6.45, 7) is 7.62. The van der Waals surface area contributed by atoms with Crippen LogP contribution in [0.5, 0.6) is 0 Å². The SMILES string of the molecule is CC(C)CN1C(=O)c2ccccc2[C@@H](C(=O)N2CCN(c3cccc(Cl)c3)CC2)[C@H]1c1cccs1. The van der Waals surface area contributed by atoms with Crippen molar-refractivity contribution in [2.45, 2.75) is 25.8 Å². The Hall–Kier alpha value is -2.83. The van der Waals surface area contributed by atoms with Gasteiger partial charge in [-0.25, -0.2) is 0 Å². The summed E-state index contributed by atoms with van der Waals surface area (Å²) < 4.78 is 0. The van der Waals surface area contributed by atoms with E-state index in [0.29, 0.717) is 36.1 Å². The van der Waals surface area contributed by atoms with Crippen molar-refractivity contribution in [3.8, 4) is 0 Å². The first-order valence-electron chi connectivity index (χ1n) is 12.2. The summed E-state index contributed by atoms with van der Waals surface area (Å²) in [5.74, 6) is -0.00642. The van der Waals surface area contributed by atoms with Gasteiger partial charge in [-0.2, -0.15) is 0 Å². The van der Waals surface area contributed by atoms with E-state index in [2.05, 4.69) is 30.9 Å². The van der Waals surface area contributed by atoms with E-state index in [1.165, 1.54) is 0 Å². The highest BCUT2D eigenvalue weighted by molar-refractivity contribution is 7.10. The van der Waals surface area contributed by atoms with Gasteiger partial charge < -0.3 is 14.7 Å². The van der Waals surface area contributed by atoms with Gasteiger partial charge >= 0.3 is 0 Å². The van der Waals surface area contributed by atoms with Crippen molar-refractivity contribution in [3.05, 3.63) is 87.1 Å². The fourth-order valence-corrected chi connectivity index (χ4v) is 6.34. The number of fused-ring (bicyclic) bond motifs is 1. The van der Waals surface area contributed by atoms with Gasteiger partial charge in [-0.3, -0.25) is 9.59 Å². The highest BCUT2D eigenvalue weighted by Crippen LogP contribution is 2.45. The van der Waals surface area contributed by atoms with Crippen LogP contribution in [-0.4, -0.2) is 54.3 Å². The molecule has 0 saturated carbocycles. The van der Waals surface area contributed by atoms with Gasteiger partial charge in [0.2, 0.25) is 5.91 Å². The topological polar surface area (TPSA) is 43.9 Å². The first kappa shape index (κ1) is 23.9. The molecular formula is C28H30ClN3O2S. The average molecular weight is 508 g/mol. The quantitative estimate of drug-likeness (QED) is 0.446. The Morgan fingerprint density at radius 1 is 1.03 bits per heavy atom. The molecule has 3 heterocycles. The average Bonchev–Trinajstić information content (AvgIpc) is 3.40. The van der Waals surface area contributed by atoms with Crippen molar-refractivity contribution < 1.29 is 9.59 Å². The lowest BCUT2D eigenvalue weighted by Crippen LogP contribution is -2.53. The van der Waals surface area contributed by atoms with E-state index in [1.54, 1.807) is 11.3 Å². The number of piperazine rings is 1.